The van der Waals surface area contributed by atoms with Crippen molar-refractivity contribution in [3.63, 3.8) is 0 Å². The third-order valence-corrected chi connectivity index (χ3v) is 5.10. The third kappa shape index (κ3) is 5.41. The van der Waals surface area contributed by atoms with E-state index in [0.29, 0.717) is 28.9 Å². The number of rotatable bonds is 9. The molecule has 8 nitrogen and oxygen atoms in total. The van der Waals surface area contributed by atoms with Gasteiger partial charge in [-0.15, -0.1) is 0 Å². The molecule has 3 N–H and O–H groups in total. The highest BCUT2D eigenvalue weighted by Crippen LogP contribution is 2.29. The lowest BCUT2D eigenvalue weighted by molar-refractivity contribution is 0.0706. The SMILES string of the molecule is O=C(NO)c1ccc(OCCNC(=O)c2oc3ccccc3c2COc2c(F)cc(F)cc2F)cc1. The minimum atomic E-state index is -1.21. The number of hydrogen-bond acceptors (Lipinski definition) is 6. The van der Waals surface area contributed by atoms with E-state index in [4.69, 9.17) is 19.1 Å². The van der Waals surface area contributed by atoms with Crippen molar-refractivity contribution in [2.45, 2.75) is 6.61 Å². The zero-order valence-electron chi connectivity index (χ0n) is 18.5. The highest BCUT2D eigenvalue weighted by atomic mass is 19.1. The van der Waals surface area contributed by atoms with Crippen LogP contribution in [0.5, 0.6) is 11.5 Å². The second kappa shape index (κ2) is 10.8. The summed E-state index contributed by atoms with van der Waals surface area (Å²) in [6.45, 7) is -0.255. The predicted octanol–water partition coefficient (Wildman–Crippen LogP) is 4.36. The number of carbonyl (C=O) groups is 2. The number of nitrogens with one attached hydrogen (secondary N) is 2. The van der Waals surface area contributed by atoms with Crippen LogP contribution in [0.1, 0.15) is 26.5 Å². The van der Waals surface area contributed by atoms with Crippen LogP contribution >= 0.6 is 0 Å². The first kappa shape index (κ1) is 24.6. The lowest BCUT2D eigenvalue weighted by Crippen LogP contribution is -2.28. The van der Waals surface area contributed by atoms with E-state index >= 15 is 0 Å². The van der Waals surface area contributed by atoms with Gasteiger partial charge in [-0.25, -0.2) is 18.7 Å². The van der Waals surface area contributed by atoms with Crippen LogP contribution in [0.2, 0.25) is 0 Å². The molecule has 4 rings (SSSR count). The molecule has 0 unspecified atom stereocenters. The number of benzene rings is 3. The molecule has 0 aliphatic carbocycles. The standard InChI is InChI=1S/C25H19F3N2O6/c26-15-11-19(27)23(20(28)12-15)35-13-18-17-3-1-2-4-21(17)36-22(18)25(32)29-9-10-34-16-7-5-14(6-8-16)24(31)30-33/h1-8,11-12,33H,9-10,13H2,(H,29,32)(H,30,31). The molecule has 4 aromatic rings. The van der Waals surface area contributed by atoms with Crippen LogP contribution in [0, 0.1) is 17.5 Å². The number of hydroxylamine groups is 1. The van der Waals surface area contributed by atoms with Crippen molar-refractivity contribution in [2.24, 2.45) is 0 Å². The van der Waals surface area contributed by atoms with Crippen molar-refractivity contribution in [3.05, 3.63) is 95.0 Å². The lowest BCUT2D eigenvalue weighted by atomic mass is 10.1. The number of furan rings is 1. The summed E-state index contributed by atoms with van der Waals surface area (Å²) >= 11 is 0. The van der Waals surface area contributed by atoms with Gasteiger partial charge in [0, 0.05) is 28.6 Å². The Morgan fingerprint density at radius 1 is 0.917 bits per heavy atom. The molecule has 0 aliphatic heterocycles. The fourth-order valence-electron chi connectivity index (χ4n) is 3.42. The number of amides is 2. The van der Waals surface area contributed by atoms with Gasteiger partial charge in [0.15, 0.2) is 23.1 Å². The molecule has 36 heavy (non-hydrogen) atoms. The van der Waals surface area contributed by atoms with Gasteiger partial charge in [0.05, 0.1) is 6.54 Å². The van der Waals surface area contributed by atoms with Crippen molar-refractivity contribution in [2.75, 3.05) is 13.2 Å². The Hall–Kier alpha value is -4.51. The van der Waals surface area contributed by atoms with Crippen molar-refractivity contribution >= 4 is 22.8 Å². The first-order chi connectivity index (χ1) is 17.4. The van der Waals surface area contributed by atoms with E-state index in [-0.39, 0.29) is 30.0 Å². The van der Waals surface area contributed by atoms with Gasteiger partial charge in [-0.1, -0.05) is 18.2 Å². The summed E-state index contributed by atoms with van der Waals surface area (Å²) < 4.78 is 57.6. The average molecular weight is 500 g/mol. The zero-order chi connectivity index (χ0) is 25.7. The minimum Gasteiger partial charge on any atom is -0.492 e. The fourth-order valence-corrected chi connectivity index (χ4v) is 3.42. The molecule has 0 saturated heterocycles. The molecule has 0 radical (unpaired) electrons. The summed E-state index contributed by atoms with van der Waals surface area (Å²) in [6, 6.07) is 13.6. The maximum atomic E-state index is 14.0. The maximum absolute atomic E-state index is 14.0. The topological polar surface area (TPSA) is 110 Å². The van der Waals surface area contributed by atoms with E-state index in [1.54, 1.807) is 24.3 Å². The Bertz CT molecular complexity index is 1380. The quantitative estimate of drug-likeness (QED) is 0.179. The van der Waals surface area contributed by atoms with Gasteiger partial charge >= 0.3 is 0 Å². The van der Waals surface area contributed by atoms with Crippen LogP contribution < -0.4 is 20.3 Å². The van der Waals surface area contributed by atoms with Crippen LogP contribution in [-0.4, -0.2) is 30.2 Å². The highest BCUT2D eigenvalue weighted by Gasteiger charge is 2.22. The average Bonchev–Trinajstić information content (AvgIpc) is 3.24. The van der Waals surface area contributed by atoms with E-state index in [0.717, 1.165) is 0 Å². The number of para-hydroxylation sites is 1. The van der Waals surface area contributed by atoms with E-state index in [9.17, 15) is 22.8 Å². The Kier molecular flexibility index (Phi) is 7.40. The van der Waals surface area contributed by atoms with Gasteiger partial charge in [0.1, 0.15) is 30.4 Å². The number of fused-ring (bicyclic) bond motifs is 1. The Labute approximate surface area is 202 Å². The lowest BCUT2D eigenvalue weighted by Gasteiger charge is -2.10. The molecule has 186 valence electrons. The van der Waals surface area contributed by atoms with Gasteiger partial charge in [0.2, 0.25) is 0 Å². The molecule has 11 heteroatoms. The molecule has 1 aromatic heterocycles. The molecule has 2 amide bonds. The maximum Gasteiger partial charge on any atom is 0.287 e. The normalized spacial score (nSPS) is 10.8. The molecule has 0 bridgehead atoms. The largest absolute Gasteiger partial charge is 0.492 e. The number of hydrogen-bond donors (Lipinski definition) is 3. The molecule has 0 atom stereocenters. The summed E-state index contributed by atoms with van der Waals surface area (Å²) in [7, 11) is 0. The Morgan fingerprint density at radius 2 is 1.61 bits per heavy atom. The van der Waals surface area contributed by atoms with Crippen molar-refractivity contribution in [3.8, 4) is 11.5 Å². The third-order valence-electron chi connectivity index (χ3n) is 5.10. The van der Waals surface area contributed by atoms with E-state index in [1.165, 1.54) is 29.7 Å². The fraction of sp³-hybridized carbons (Fsp3) is 0.120. The summed E-state index contributed by atoms with van der Waals surface area (Å²) in [6.07, 6.45) is 0. The number of ether oxygens (including phenoxy) is 2. The summed E-state index contributed by atoms with van der Waals surface area (Å²) in [5, 5.41) is 11.8. The first-order valence-electron chi connectivity index (χ1n) is 10.6. The zero-order valence-corrected chi connectivity index (χ0v) is 18.5. The van der Waals surface area contributed by atoms with E-state index in [1.807, 2.05) is 0 Å². The predicted molar refractivity (Wildman–Crippen MR) is 120 cm³/mol. The van der Waals surface area contributed by atoms with Crippen LogP contribution in [0.15, 0.2) is 65.1 Å². The molecule has 0 fully saturated rings. The monoisotopic (exact) mass is 500 g/mol. The highest BCUT2D eigenvalue weighted by molar-refractivity contribution is 5.99. The van der Waals surface area contributed by atoms with Gasteiger partial charge in [-0.05, 0) is 30.3 Å². The first-order valence-corrected chi connectivity index (χ1v) is 10.6. The van der Waals surface area contributed by atoms with Crippen molar-refractivity contribution in [1.82, 2.24) is 10.8 Å². The van der Waals surface area contributed by atoms with Crippen LogP contribution in [0.25, 0.3) is 11.0 Å². The Balaban J connectivity index is 1.42. The minimum absolute atomic E-state index is 0.0787. The van der Waals surface area contributed by atoms with Crippen LogP contribution in [-0.2, 0) is 6.61 Å². The molecular formula is C25H19F3N2O6. The van der Waals surface area contributed by atoms with E-state index in [2.05, 4.69) is 5.32 Å². The molecule has 0 aliphatic rings. The van der Waals surface area contributed by atoms with Crippen LogP contribution in [0.4, 0.5) is 13.2 Å². The molecule has 3 aromatic carbocycles. The Morgan fingerprint density at radius 3 is 2.31 bits per heavy atom. The van der Waals surface area contributed by atoms with Crippen molar-refractivity contribution in [1.29, 1.82) is 0 Å². The number of carbonyl (C=O) groups excluding carboxylic acids is 2. The second-order valence-corrected chi connectivity index (χ2v) is 7.46. The summed E-state index contributed by atoms with van der Waals surface area (Å²) in [5.74, 6) is -5.24. The molecular weight excluding hydrogens is 481 g/mol. The second-order valence-electron chi connectivity index (χ2n) is 7.46. The van der Waals surface area contributed by atoms with E-state index < -0.39 is 41.6 Å². The van der Waals surface area contributed by atoms with Gasteiger partial charge in [-0.3, -0.25) is 14.8 Å². The molecule has 1 heterocycles. The summed E-state index contributed by atoms with van der Waals surface area (Å²) in [5.41, 5.74) is 2.38. The molecule has 0 spiro atoms. The smallest absolute Gasteiger partial charge is 0.287 e. The van der Waals surface area contributed by atoms with Crippen molar-refractivity contribution < 1.29 is 41.9 Å². The number of halogens is 3. The van der Waals surface area contributed by atoms with Gasteiger partial charge in [-0.2, -0.15) is 0 Å². The van der Waals surface area contributed by atoms with Gasteiger partial charge < -0.3 is 19.2 Å². The summed E-state index contributed by atoms with van der Waals surface area (Å²) in [4.78, 5) is 24.1. The van der Waals surface area contributed by atoms with Crippen LogP contribution in [0.3, 0.4) is 0 Å². The van der Waals surface area contributed by atoms with Gasteiger partial charge in [0.25, 0.3) is 11.8 Å². The molecule has 0 saturated carbocycles.